The number of aryl methyl sites for hydroxylation is 2. The molecule has 0 spiro atoms. The number of carbonyl (C=O) groups is 1. The molecule has 1 N–H and O–H groups in total. The molecular weight excluding hydrogens is 374 g/mol. The Kier molecular flexibility index (Phi) is 7.19. The molecule has 1 saturated carbocycles. The Bertz CT molecular complexity index is 764. The van der Waals surface area contributed by atoms with Gasteiger partial charge in [0.2, 0.25) is 5.91 Å². The van der Waals surface area contributed by atoms with E-state index in [1.54, 1.807) is 0 Å². The van der Waals surface area contributed by atoms with E-state index in [0.29, 0.717) is 12.8 Å². The zero-order chi connectivity index (χ0) is 19.2. The van der Waals surface area contributed by atoms with Crippen molar-refractivity contribution in [2.45, 2.75) is 67.7 Å². The van der Waals surface area contributed by atoms with Crippen molar-refractivity contribution in [3.8, 4) is 0 Å². The molecule has 1 aromatic heterocycles. The number of carbonyl (C=O) groups excluding carboxylic acids is 1. The Hall–Kier alpha value is -1.53. The van der Waals surface area contributed by atoms with Crippen LogP contribution in [0.1, 0.15) is 49.1 Å². The van der Waals surface area contributed by atoms with Gasteiger partial charge in [-0.25, -0.2) is 9.97 Å². The van der Waals surface area contributed by atoms with E-state index >= 15 is 0 Å². The molecule has 1 amide bonds. The van der Waals surface area contributed by atoms with Gasteiger partial charge in [0.1, 0.15) is 0 Å². The number of anilines is 1. The predicted octanol–water partition coefficient (Wildman–Crippen LogP) is 5.42. The highest BCUT2D eigenvalue weighted by Gasteiger charge is 2.16. The first-order valence-electron chi connectivity index (χ1n) is 9.50. The fourth-order valence-electron chi connectivity index (χ4n) is 3.44. The molecule has 1 aromatic carbocycles. The van der Waals surface area contributed by atoms with Gasteiger partial charge >= 0.3 is 0 Å². The Labute approximate surface area is 170 Å². The summed E-state index contributed by atoms with van der Waals surface area (Å²) in [7, 11) is 0. The van der Waals surface area contributed by atoms with Gasteiger partial charge < -0.3 is 5.32 Å². The molecule has 4 nitrogen and oxygen atoms in total. The lowest BCUT2D eigenvalue weighted by Gasteiger charge is -2.11. The molecule has 1 heterocycles. The summed E-state index contributed by atoms with van der Waals surface area (Å²) in [5.41, 5.74) is 3.87. The molecule has 1 aliphatic rings. The third kappa shape index (κ3) is 5.72. The third-order valence-corrected chi connectivity index (χ3v) is 6.82. The zero-order valence-corrected chi connectivity index (χ0v) is 17.9. The number of aromatic nitrogens is 2. The van der Waals surface area contributed by atoms with Gasteiger partial charge in [-0.05, 0) is 69.2 Å². The van der Waals surface area contributed by atoms with E-state index in [4.69, 9.17) is 0 Å². The summed E-state index contributed by atoms with van der Waals surface area (Å²) in [6.07, 6.45) is 8.42. The van der Waals surface area contributed by atoms with Crippen molar-refractivity contribution in [2.75, 3.05) is 11.6 Å². The quantitative estimate of drug-likeness (QED) is 0.496. The van der Waals surface area contributed by atoms with Crippen molar-refractivity contribution in [1.29, 1.82) is 0 Å². The highest BCUT2D eigenvalue weighted by atomic mass is 32.2. The second-order valence-electron chi connectivity index (χ2n) is 6.96. The molecule has 144 valence electrons. The fraction of sp³-hybridized carbons (Fsp3) is 0.476. The van der Waals surface area contributed by atoms with Gasteiger partial charge in [-0.1, -0.05) is 24.6 Å². The van der Waals surface area contributed by atoms with E-state index in [-0.39, 0.29) is 5.91 Å². The zero-order valence-electron chi connectivity index (χ0n) is 16.2. The summed E-state index contributed by atoms with van der Waals surface area (Å²) < 4.78 is 0. The average molecular weight is 402 g/mol. The van der Waals surface area contributed by atoms with Crippen LogP contribution in [-0.4, -0.2) is 27.4 Å². The normalized spacial score (nSPS) is 14.5. The van der Waals surface area contributed by atoms with Crippen LogP contribution in [0.4, 0.5) is 5.69 Å². The lowest BCUT2D eigenvalue weighted by atomic mass is 10.1. The second kappa shape index (κ2) is 9.60. The van der Waals surface area contributed by atoms with Gasteiger partial charge in [0, 0.05) is 33.6 Å². The Balaban J connectivity index is 1.52. The Morgan fingerprint density at radius 2 is 1.74 bits per heavy atom. The summed E-state index contributed by atoms with van der Waals surface area (Å²) in [4.78, 5) is 22.6. The number of nitrogens with zero attached hydrogens (tertiary/aromatic N) is 2. The van der Waals surface area contributed by atoms with Crippen molar-refractivity contribution < 1.29 is 4.79 Å². The first kappa shape index (κ1) is 20.2. The molecule has 0 atom stereocenters. The molecule has 1 aliphatic carbocycles. The number of nitrogens with one attached hydrogen (secondary N) is 1. The number of benzene rings is 1. The minimum atomic E-state index is 0.0268. The van der Waals surface area contributed by atoms with Crippen LogP contribution in [0.25, 0.3) is 0 Å². The summed E-state index contributed by atoms with van der Waals surface area (Å²) in [5, 5.41) is 4.55. The van der Waals surface area contributed by atoms with Gasteiger partial charge in [0.25, 0.3) is 0 Å². The molecule has 0 bridgehead atoms. The molecule has 6 heteroatoms. The number of hydrogen-bond acceptors (Lipinski definition) is 5. The van der Waals surface area contributed by atoms with Gasteiger partial charge in [0.15, 0.2) is 5.16 Å². The van der Waals surface area contributed by atoms with Gasteiger partial charge in [-0.2, -0.15) is 0 Å². The van der Waals surface area contributed by atoms with Crippen LogP contribution >= 0.6 is 23.5 Å². The van der Waals surface area contributed by atoms with Crippen molar-refractivity contribution in [3.05, 3.63) is 41.2 Å². The molecule has 0 radical (unpaired) electrons. The largest absolute Gasteiger partial charge is 0.326 e. The average Bonchev–Trinajstić information content (AvgIpc) is 3.15. The smallest absolute Gasteiger partial charge is 0.224 e. The number of thioether (sulfide) groups is 2. The molecule has 0 saturated heterocycles. The maximum Gasteiger partial charge on any atom is 0.224 e. The number of amides is 1. The summed E-state index contributed by atoms with van der Waals surface area (Å²) in [6, 6.07) is 8.23. The molecule has 3 rings (SSSR count). The molecule has 27 heavy (non-hydrogen) atoms. The fourth-order valence-corrected chi connectivity index (χ4v) is 5.14. The maximum absolute atomic E-state index is 12.3. The van der Waals surface area contributed by atoms with E-state index in [1.807, 2.05) is 44.0 Å². The predicted molar refractivity (Wildman–Crippen MR) is 115 cm³/mol. The molecule has 1 fully saturated rings. The van der Waals surface area contributed by atoms with E-state index in [2.05, 4.69) is 27.4 Å². The van der Waals surface area contributed by atoms with Gasteiger partial charge in [-0.3, -0.25) is 4.79 Å². The van der Waals surface area contributed by atoms with E-state index in [0.717, 1.165) is 33.0 Å². The van der Waals surface area contributed by atoms with Crippen molar-refractivity contribution >= 4 is 35.1 Å². The molecular formula is C21H27N3OS2. The van der Waals surface area contributed by atoms with Crippen LogP contribution in [0.5, 0.6) is 0 Å². The topological polar surface area (TPSA) is 54.9 Å². The standard InChI is InChI=1S/C21H27N3OS2/c1-14-19(15(2)23-21(22-14)26-3)12-13-20(25)24-16-8-10-18(11-9-16)27-17-6-4-5-7-17/h8-11,17H,4-7,12-13H2,1-3H3,(H,24,25). The lowest BCUT2D eigenvalue weighted by molar-refractivity contribution is -0.116. The molecule has 0 unspecified atom stereocenters. The Morgan fingerprint density at radius 3 is 2.33 bits per heavy atom. The highest BCUT2D eigenvalue weighted by molar-refractivity contribution is 8.00. The first-order valence-corrected chi connectivity index (χ1v) is 11.6. The van der Waals surface area contributed by atoms with Crippen LogP contribution in [0, 0.1) is 13.8 Å². The van der Waals surface area contributed by atoms with E-state index < -0.39 is 0 Å². The monoisotopic (exact) mass is 401 g/mol. The Morgan fingerprint density at radius 1 is 1.11 bits per heavy atom. The van der Waals surface area contributed by atoms with Crippen molar-refractivity contribution in [3.63, 3.8) is 0 Å². The van der Waals surface area contributed by atoms with Gasteiger partial charge in [-0.15, -0.1) is 11.8 Å². The summed E-state index contributed by atoms with van der Waals surface area (Å²) in [6.45, 7) is 3.98. The minimum absolute atomic E-state index is 0.0268. The van der Waals surface area contributed by atoms with Crippen LogP contribution in [0.3, 0.4) is 0 Å². The number of hydrogen-bond donors (Lipinski definition) is 1. The molecule has 2 aromatic rings. The summed E-state index contributed by atoms with van der Waals surface area (Å²) in [5.74, 6) is 0.0268. The first-order chi connectivity index (χ1) is 13.0. The van der Waals surface area contributed by atoms with Crippen molar-refractivity contribution in [1.82, 2.24) is 9.97 Å². The SMILES string of the molecule is CSc1nc(C)c(CCC(=O)Nc2ccc(SC3CCCC3)cc2)c(C)n1. The summed E-state index contributed by atoms with van der Waals surface area (Å²) >= 11 is 3.50. The third-order valence-electron chi connectivity index (χ3n) is 4.93. The van der Waals surface area contributed by atoms with E-state index in [1.165, 1.54) is 42.3 Å². The van der Waals surface area contributed by atoms with Crippen LogP contribution in [-0.2, 0) is 11.2 Å². The number of rotatable bonds is 7. The highest BCUT2D eigenvalue weighted by Crippen LogP contribution is 2.35. The van der Waals surface area contributed by atoms with Crippen molar-refractivity contribution in [2.24, 2.45) is 0 Å². The van der Waals surface area contributed by atoms with Gasteiger partial charge in [0.05, 0.1) is 0 Å². The molecule has 0 aliphatic heterocycles. The minimum Gasteiger partial charge on any atom is -0.326 e. The maximum atomic E-state index is 12.3. The second-order valence-corrected chi connectivity index (χ2v) is 9.10. The lowest BCUT2D eigenvalue weighted by Crippen LogP contribution is -2.13. The van der Waals surface area contributed by atoms with Crippen LogP contribution in [0.15, 0.2) is 34.3 Å². The van der Waals surface area contributed by atoms with Crippen LogP contribution in [0.2, 0.25) is 0 Å². The van der Waals surface area contributed by atoms with Crippen LogP contribution < -0.4 is 5.32 Å². The van der Waals surface area contributed by atoms with E-state index in [9.17, 15) is 4.79 Å².